The van der Waals surface area contributed by atoms with Gasteiger partial charge in [0.25, 0.3) is 0 Å². The number of fused-ring (bicyclic) bond motifs is 1. The van der Waals surface area contributed by atoms with Crippen molar-refractivity contribution in [2.24, 2.45) is 4.99 Å². The summed E-state index contributed by atoms with van der Waals surface area (Å²) in [7, 11) is 0. The molecule has 0 bridgehead atoms. The van der Waals surface area contributed by atoms with Gasteiger partial charge in [-0.15, -0.1) is 0 Å². The molecule has 152 valence electrons. The molecule has 0 spiro atoms. The van der Waals surface area contributed by atoms with Crippen molar-refractivity contribution in [3.63, 3.8) is 0 Å². The first-order valence-corrected chi connectivity index (χ1v) is 10.5. The predicted molar refractivity (Wildman–Crippen MR) is 123 cm³/mol. The van der Waals surface area contributed by atoms with Gasteiger partial charge < -0.3 is 14.3 Å². The molecule has 0 aliphatic heterocycles. The molecule has 0 unspecified atom stereocenters. The Hall–Kier alpha value is -2.83. The number of nitrogens with zero attached hydrogens (tertiary/aromatic N) is 2. The van der Waals surface area contributed by atoms with Gasteiger partial charge in [0, 0.05) is 21.3 Å². The average Bonchev–Trinajstić information content (AvgIpc) is 3.14. The van der Waals surface area contributed by atoms with Crippen molar-refractivity contribution in [1.82, 2.24) is 4.98 Å². The van der Waals surface area contributed by atoms with Crippen LogP contribution >= 0.6 is 27.5 Å². The van der Waals surface area contributed by atoms with E-state index >= 15 is 0 Å². The zero-order chi connectivity index (χ0) is 21.3. The summed E-state index contributed by atoms with van der Waals surface area (Å²) in [5.74, 6) is 0.948. The molecule has 0 saturated carbocycles. The van der Waals surface area contributed by atoms with Crippen LogP contribution in [0.5, 0.6) is 11.5 Å². The predicted octanol–water partition coefficient (Wildman–Crippen LogP) is 7.07. The Balaban J connectivity index is 1.71. The van der Waals surface area contributed by atoms with Crippen LogP contribution < -0.4 is 4.74 Å². The van der Waals surface area contributed by atoms with E-state index in [9.17, 15) is 5.11 Å². The molecule has 1 heterocycles. The molecule has 4 rings (SSSR count). The molecule has 1 N–H and O–H groups in total. The molecule has 0 radical (unpaired) electrons. The number of halogens is 2. The van der Waals surface area contributed by atoms with Crippen molar-refractivity contribution >= 4 is 50.5 Å². The van der Waals surface area contributed by atoms with Gasteiger partial charge in [0.05, 0.1) is 17.9 Å². The number of aromatic hydroxyl groups is 1. The van der Waals surface area contributed by atoms with Gasteiger partial charge in [0.1, 0.15) is 5.52 Å². The third-order valence-corrected chi connectivity index (χ3v) is 5.49. The molecular formula is C23H18BrClN2O3. The minimum absolute atomic E-state index is 0.0413. The van der Waals surface area contributed by atoms with Crippen LogP contribution in [0.1, 0.15) is 18.1 Å². The van der Waals surface area contributed by atoms with E-state index in [1.807, 2.05) is 38.1 Å². The van der Waals surface area contributed by atoms with E-state index in [1.54, 1.807) is 30.5 Å². The van der Waals surface area contributed by atoms with Crippen molar-refractivity contribution in [2.45, 2.75) is 13.8 Å². The van der Waals surface area contributed by atoms with E-state index in [2.05, 4.69) is 25.9 Å². The van der Waals surface area contributed by atoms with Gasteiger partial charge in [0.15, 0.2) is 17.1 Å². The molecule has 3 aromatic carbocycles. The summed E-state index contributed by atoms with van der Waals surface area (Å²) in [5, 5.41) is 11.1. The maximum Gasteiger partial charge on any atom is 0.227 e. The fourth-order valence-corrected chi connectivity index (χ4v) is 3.59. The fourth-order valence-electron chi connectivity index (χ4n) is 3.00. The molecule has 0 saturated heterocycles. The van der Waals surface area contributed by atoms with E-state index in [4.69, 9.17) is 20.8 Å². The lowest BCUT2D eigenvalue weighted by Crippen LogP contribution is -1.95. The third kappa shape index (κ3) is 4.06. The van der Waals surface area contributed by atoms with Crippen LogP contribution in [0.3, 0.4) is 0 Å². The zero-order valence-corrected chi connectivity index (χ0v) is 18.7. The van der Waals surface area contributed by atoms with Gasteiger partial charge in [-0.3, -0.25) is 4.99 Å². The fraction of sp³-hybridized carbons (Fsp3) is 0.130. The molecule has 0 aliphatic carbocycles. The Morgan fingerprint density at radius 1 is 1.20 bits per heavy atom. The van der Waals surface area contributed by atoms with Crippen molar-refractivity contribution in [3.05, 3.63) is 69.2 Å². The van der Waals surface area contributed by atoms with Gasteiger partial charge in [0.2, 0.25) is 5.89 Å². The number of hydrogen-bond donors (Lipinski definition) is 1. The Kier molecular flexibility index (Phi) is 5.79. The lowest BCUT2D eigenvalue weighted by atomic mass is 10.1. The number of phenols is 1. The average molecular weight is 486 g/mol. The Labute approximate surface area is 187 Å². The molecule has 1 aromatic heterocycles. The molecule has 0 aliphatic rings. The van der Waals surface area contributed by atoms with E-state index in [-0.39, 0.29) is 5.75 Å². The number of ether oxygens (including phenoxy) is 1. The van der Waals surface area contributed by atoms with E-state index in [0.29, 0.717) is 39.9 Å². The number of aliphatic imine (C=N–C) groups is 1. The summed E-state index contributed by atoms with van der Waals surface area (Å²) < 4.78 is 12.0. The first kappa shape index (κ1) is 20.4. The summed E-state index contributed by atoms with van der Waals surface area (Å²) in [6.07, 6.45) is 1.61. The molecular weight excluding hydrogens is 468 g/mol. The molecule has 0 fully saturated rings. The molecule has 7 heteroatoms. The van der Waals surface area contributed by atoms with Gasteiger partial charge in [-0.25, -0.2) is 4.98 Å². The van der Waals surface area contributed by atoms with E-state index in [0.717, 1.165) is 21.3 Å². The zero-order valence-electron chi connectivity index (χ0n) is 16.3. The van der Waals surface area contributed by atoms with Crippen LogP contribution in [0.4, 0.5) is 5.69 Å². The summed E-state index contributed by atoms with van der Waals surface area (Å²) in [4.78, 5) is 9.12. The summed E-state index contributed by atoms with van der Waals surface area (Å²) >= 11 is 9.50. The van der Waals surface area contributed by atoms with Gasteiger partial charge in [-0.1, -0.05) is 17.7 Å². The summed E-state index contributed by atoms with van der Waals surface area (Å²) in [5.41, 5.74) is 4.42. The number of rotatable bonds is 5. The first-order valence-electron chi connectivity index (χ1n) is 9.31. The van der Waals surface area contributed by atoms with E-state index in [1.165, 1.54) is 0 Å². The highest BCUT2D eigenvalue weighted by atomic mass is 79.9. The normalized spacial score (nSPS) is 11.5. The van der Waals surface area contributed by atoms with Crippen molar-refractivity contribution < 1.29 is 14.3 Å². The number of oxazole rings is 1. The first-order chi connectivity index (χ1) is 14.5. The smallest absolute Gasteiger partial charge is 0.227 e. The highest BCUT2D eigenvalue weighted by Crippen LogP contribution is 2.35. The SMILES string of the molecule is CCOc1ccc(Br)c(C=Nc2cc(-c3nc4cc(Cl)ccc4o3)ccc2C)c1O. The van der Waals surface area contributed by atoms with Gasteiger partial charge in [-0.05, 0) is 77.8 Å². The lowest BCUT2D eigenvalue weighted by molar-refractivity contribution is 0.318. The number of aromatic nitrogens is 1. The topological polar surface area (TPSA) is 67.9 Å². The van der Waals surface area contributed by atoms with E-state index < -0.39 is 0 Å². The van der Waals surface area contributed by atoms with Crippen LogP contribution in [-0.2, 0) is 0 Å². The lowest BCUT2D eigenvalue weighted by Gasteiger charge is -2.09. The standard InChI is InChI=1S/C23H18BrClN2O3/c1-3-29-21-9-7-17(24)16(22(21)28)12-26-18-10-14(5-4-13(18)2)23-27-19-11-15(25)6-8-20(19)30-23/h4-12,28H,3H2,1-2H3. The largest absolute Gasteiger partial charge is 0.504 e. The Morgan fingerprint density at radius 2 is 2.03 bits per heavy atom. The number of hydrogen-bond acceptors (Lipinski definition) is 5. The number of benzene rings is 3. The van der Waals surface area contributed by atoms with Gasteiger partial charge in [-0.2, -0.15) is 0 Å². The van der Waals surface area contributed by atoms with Crippen LogP contribution in [0.15, 0.2) is 62.4 Å². The second-order valence-electron chi connectivity index (χ2n) is 6.63. The summed E-state index contributed by atoms with van der Waals surface area (Å²) in [6, 6.07) is 14.7. The van der Waals surface area contributed by atoms with Crippen molar-refractivity contribution in [1.29, 1.82) is 0 Å². The Bertz CT molecular complexity index is 1270. The van der Waals surface area contributed by atoms with Crippen LogP contribution in [0.25, 0.3) is 22.6 Å². The quantitative estimate of drug-likeness (QED) is 0.307. The molecule has 30 heavy (non-hydrogen) atoms. The summed E-state index contributed by atoms with van der Waals surface area (Å²) in [6.45, 7) is 4.29. The van der Waals surface area contributed by atoms with Crippen LogP contribution in [-0.4, -0.2) is 22.9 Å². The van der Waals surface area contributed by atoms with Gasteiger partial charge >= 0.3 is 0 Å². The third-order valence-electron chi connectivity index (χ3n) is 4.57. The highest BCUT2D eigenvalue weighted by Gasteiger charge is 2.12. The molecule has 0 atom stereocenters. The second-order valence-corrected chi connectivity index (χ2v) is 7.92. The maximum atomic E-state index is 10.5. The highest BCUT2D eigenvalue weighted by molar-refractivity contribution is 9.10. The Morgan fingerprint density at radius 3 is 2.83 bits per heavy atom. The molecule has 4 aromatic rings. The minimum Gasteiger partial charge on any atom is -0.504 e. The van der Waals surface area contributed by atoms with Crippen molar-refractivity contribution in [2.75, 3.05) is 6.61 Å². The van der Waals surface area contributed by atoms with Crippen LogP contribution in [0.2, 0.25) is 5.02 Å². The van der Waals surface area contributed by atoms with Crippen LogP contribution in [0, 0.1) is 6.92 Å². The molecule has 0 amide bonds. The second kappa shape index (κ2) is 8.50. The molecule has 5 nitrogen and oxygen atoms in total. The van der Waals surface area contributed by atoms with Crippen molar-refractivity contribution in [3.8, 4) is 23.0 Å². The number of phenolic OH excluding ortho intramolecular Hbond substituents is 1. The monoisotopic (exact) mass is 484 g/mol. The number of aryl methyl sites for hydroxylation is 1. The maximum absolute atomic E-state index is 10.5. The minimum atomic E-state index is 0.0413.